The van der Waals surface area contributed by atoms with E-state index >= 15 is 0 Å². The van der Waals surface area contributed by atoms with Gasteiger partial charge in [0.1, 0.15) is 15.7 Å². The van der Waals surface area contributed by atoms with Gasteiger partial charge in [-0.2, -0.15) is 0 Å². The van der Waals surface area contributed by atoms with Crippen LogP contribution in [0.4, 0.5) is 5.82 Å². The van der Waals surface area contributed by atoms with Crippen molar-refractivity contribution in [3.63, 3.8) is 0 Å². The summed E-state index contributed by atoms with van der Waals surface area (Å²) in [5, 5.41) is 6.10. The first kappa shape index (κ1) is 20.0. The molecule has 3 aromatic heterocycles. The number of nitrogens with one attached hydrogen (secondary N) is 1. The van der Waals surface area contributed by atoms with Crippen LogP contribution < -0.4 is 10.2 Å². The first-order valence-electron chi connectivity index (χ1n) is 9.80. The number of aromatic nitrogens is 2. The highest BCUT2D eigenvalue weighted by Gasteiger charge is 2.22. The van der Waals surface area contributed by atoms with Crippen LogP contribution in [0.3, 0.4) is 0 Å². The van der Waals surface area contributed by atoms with Gasteiger partial charge in [0, 0.05) is 45.0 Å². The van der Waals surface area contributed by atoms with Crippen LogP contribution in [0, 0.1) is 6.92 Å². The minimum atomic E-state index is -0.0255. The van der Waals surface area contributed by atoms with Gasteiger partial charge in [-0.05, 0) is 37.4 Å². The molecule has 0 aliphatic carbocycles. The molecule has 1 atom stereocenters. The summed E-state index contributed by atoms with van der Waals surface area (Å²) in [6.07, 6.45) is 1.84. The molecule has 1 aliphatic heterocycles. The van der Waals surface area contributed by atoms with E-state index in [-0.39, 0.29) is 11.9 Å². The minimum Gasteiger partial charge on any atom is -0.354 e. The molecule has 152 valence electrons. The van der Waals surface area contributed by atoms with Crippen molar-refractivity contribution in [2.24, 2.45) is 0 Å². The van der Waals surface area contributed by atoms with Crippen molar-refractivity contribution in [2.45, 2.75) is 19.9 Å². The molecule has 3 aromatic rings. The third-order valence-electron chi connectivity index (χ3n) is 4.99. The van der Waals surface area contributed by atoms with E-state index < -0.39 is 0 Å². The monoisotopic (exact) mass is 427 g/mol. The van der Waals surface area contributed by atoms with Gasteiger partial charge in [-0.1, -0.05) is 12.1 Å². The lowest BCUT2D eigenvalue weighted by Crippen LogP contribution is -2.51. The standard InChI is InChI=1S/C21H25N5OS2/c1-15(14-25-9-11-26(12-10-25)18-7-3-4-8-22-18)23-20(27)19-16(2)24-21(29-19)17-6-5-13-28-17/h3-8,13,15H,9-12,14H2,1-2H3,(H,23,27). The maximum atomic E-state index is 12.8. The lowest BCUT2D eigenvalue weighted by molar-refractivity contribution is 0.0931. The molecule has 4 rings (SSSR count). The Balaban J connectivity index is 1.29. The molecular weight excluding hydrogens is 402 g/mol. The summed E-state index contributed by atoms with van der Waals surface area (Å²) in [4.78, 5) is 28.3. The number of amides is 1. The predicted molar refractivity (Wildman–Crippen MR) is 120 cm³/mol. The van der Waals surface area contributed by atoms with Gasteiger partial charge < -0.3 is 10.2 Å². The molecule has 0 spiro atoms. The zero-order chi connectivity index (χ0) is 20.2. The van der Waals surface area contributed by atoms with E-state index in [2.05, 4.69) is 38.1 Å². The number of hydrogen-bond acceptors (Lipinski definition) is 7. The first-order valence-corrected chi connectivity index (χ1v) is 11.5. The molecule has 0 bridgehead atoms. The van der Waals surface area contributed by atoms with Gasteiger partial charge in [0.25, 0.3) is 5.91 Å². The van der Waals surface area contributed by atoms with Crippen LogP contribution in [0.5, 0.6) is 0 Å². The summed E-state index contributed by atoms with van der Waals surface area (Å²) in [7, 11) is 0. The molecule has 4 heterocycles. The Bertz CT molecular complexity index is 933. The summed E-state index contributed by atoms with van der Waals surface area (Å²) < 4.78 is 0. The summed E-state index contributed by atoms with van der Waals surface area (Å²) in [6.45, 7) is 8.67. The van der Waals surface area contributed by atoms with E-state index in [1.54, 1.807) is 11.3 Å². The van der Waals surface area contributed by atoms with Crippen LogP contribution in [-0.4, -0.2) is 59.5 Å². The molecule has 0 saturated carbocycles. The second-order valence-electron chi connectivity index (χ2n) is 7.26. The Morgan fingerprint density at radius 1 is 1.21 bits per heavy atom. The number of anilines is 1. The van der Waals surface area contributed by atoms with Crippen molar-refractivity contribution < 1.29 is 4.79 Å². The Hall–Kier alpha value is -2.29. The normalized spacial score (nSPS) is 16.0. The fraction of sp³-hybridized carbons (Fsp3) is 0.381. The van der Waals surface area contributed by atoms with Gasteiger partial charge in [0.05, 0.1) is 10.6 Å². The van der Waals surface area contributed by atoms with Crippen LogP contribution in [0.2, 0.25) is 0 Å². The number of rotatable bonds is 6. The minimum absolute atomic E-state index is 0.0255. The third kappa shape index (κ3) is 4.83. The molecule has 1 N–H and O–H groups in total. The topological polar surface area (TPSA) is 61.4 Å². The number of hydrogen-bond donors (Lipinski definition) is 1. The highest BCUT2D eigenvalue weighted by Crippen LogP contribution is 2.31. The van der Waals surface area contributed by atoms with Gasteiger partial charge in [0.2, 0.25) is 0 Å². The second kappa shape index (κ2) is 9.02. The molecule has 1 fully saturated rings. The molecule has 0 radical (unpaired) electrons. The van der Waals surface area contributed by atoms with E-state index in [9.17, 15) is 4.79 Å². The van der Waals surface area contributed by atoms with Crippen LogP contribution in [0.1, 0.15) is 22.3 Å². The highest BCUT2D eigenvalue weighted by atomic mass is 32.1. The maximum absolute atomic E-state index is 12.8. The number of carbonyl (C=O) groups is 1. The quantitative estimate of drug-likeness (QED) is 0.652. The SMILES string of the molecule is Cc1nc(-c2cccs2)sc1C(=O)NC(C)CN1CCN(c2ccccn2)CC1. The second-order valence-corrected chi connectivity index (χ2v) is 9.21. The van der Waals surface area contributed by atoms with Crippen molar-refractivity contribution in [1.29, 1.82) is 0 Å². The van der Waals surface area contributed by atoms with Crippen molar-refractivity contribution in [3.8, 4) is 9.88 Å². The maximum Gasteiger partial charge on any atom is 0.263 e. The summed E-state index contributed by atoms with van der Waals surface area (Å²) in [6, 6.07) is 10.1. The molecule has 29 heavy (non-hydrogen) atoms. The van der Waals surface area contributed by atoms with E-state index in [4.69, 9.17) is 0 Å². The zero-order valence-electron chi connectivity index (χ0n) is 16.7. The fourth-order valence-corrected chi connectivity index (χ4v) is 5.30. The molecule has 6 nitrogen and oxygen atoms in total. The Kier molecular flexibility index (Phi) is 6.22. The van der Waals surface area contributed by atoms with Crippen molar-refractivity contribution >= 4 is 34.4 Å². The van der Waals surface area contributed by atoms with Crippen LogP contribution >= 0.6 is 22.7 Å². The molecule has 1 saturated heterocycles. The average molecular weight is 428 g/mol. The molecule has 8 heteroatoms. The van der Waals surface area contributed by atoms with Gasteiger partial charge in [-0.25, -0.2) is 9.97 Å². The Morgan fingerprint density at radius 2 is 2.03 bits per heavy atom. The van der Waals surface area contributed by atoms with E-state index in [1.165, 1.54) is 11.3 Å². The number of pyridine rings is 1. The Morgan fingerprint density at radius 3 is 2.72 bits per heavy atom. The first-order chi connectivity index (χ1) is 14.1. The average Bonchev–Trinajstić information content (AvgIpc) is 3.39. The number of carbonyl (C=O) groups excluding carboxylic acids is 1. The Labute approximate surface area is 179 Å². The molecule has 0 aromatic carbocycles. The van der Waals surface area contributed by atoms with Gasteiger partial charge >= 0.3 is 0 Å². The van der Waals surface area contributed by atoms with Crippen LogP contribution in [-0.2, 0) is 0 Å². The number of thiazole rings is 1. The smallest absolute Gasteiger partial charge is 0.263 e. The number of nitrogens with zero attached hydrogens (tertiary/aromatic N) is 4. The molecule has 1 unspecified atom stereocenters. The summed E-state index contributed by atoms with van der Waals surface area (Å²) >= 11 is 3.12. The summed E-state index contributed by atoms with van der Waals surface area (Å²) in [5.74, 6) is 1.01. The van der Waals surface area contributed by atoms with Crippen molar-refractivity contribution in [2.75, 3.05) is 37.6 Å². The summed E-state index contributed by atoms with van der Waals surface area (Å²) in [5.41, 5.74) is 0.798. The lowest BCUT2D eigenvalue weighted by Gasteiger charge is -2.36. The van der Waals surface area contributed by atoms with Crippen LogP contribution in [0.15, 0.2) is 41.9 Å². The zero-order valence-corrected chi connectivity index (χ0v) is 18.3. The largest absolute Gasteiger partial charge is 0.354 e. The number of piperazine rings is 1. The lowest BCUT2D eigenvalue weighted by atomic mass is 10.2. The van der Waals surface area contributed by atoms with Crippen LogP contribution in [0.25, 0.3) is 9.88 Å². The third-order valence-corrected chi connectivity index (χ3v) is 7.19. The van der Waals surface area contributed by atoms with Gasteiger partial charge in [0.15, 0.2) is 0 Å². The van der Waals surface area contributed by atoms with Gasteiger partial charge in [-0.3, -0.25) is 9.69 Å². The van der Waals surface area contributed by atoms with Gasteiger partial charge in [-0.15, -0.1) is 22.7 Å². The number of aryl methyl sites for hydroxylation is 1. The van der Waals surface area contributed by atoms with Crippen molar-refractivity contribution in [3.05, 3.63) is 52.5 Å². The predicted octanol–water partition coefficient (Wildman–Crippen LogP) is 3.52. The van der Waals surface area contributed by atoms with Crippen molar-refractivity contribution in [1.82, 2.24) is 20.2 Å². The van der Waals surface area contributed by atoms with E-state index in [0.29, 0.717) is 4.88 Å². The molecular formula is C21H25N5OS2. The van der Waals surface area contributed by atoms with E-state index in [1.807, 2.05) is 42.8 Å². The van der Waals surface area contributed by atoms with E-state index in [0.717, 1.165) is 54.1 Å². The molecule has 1 amide bonds. The molecule has 1 aliphatic rings. The fourth-order valence-electron chi connectivity index (χ4n) is 3.54. The number of thiophene rings is 1. The highest BCUT2D eigenvalue weighted by molar-refractivity contribution is 7.22.